The van der Waals surface area contributed by atoms with Gasteiger partial charge in [0, 0.05) is 11.0 Å². The third-order valence-corrected chi connectivity index (χ3v) is 4.17. The van der Waals surface area contributed by atoms with Crippen LogP contribution < -0.4 is 10.9 Å². The zero-order valence-corrected chi connectivity index (χ0v) is 13.9. The summed E-state index contributed by atoms with van der Waals surface area (Å²) >= 11 is 1.06. The van der Waals surface area contributed by atoms with Crippen LogP contribution in [0.25, 0.3) is 6.08 Å². The van der Waals surface area contributed by atoms with E-state index in [1.807, 2.05) is 31.2 Å². The van der Waals surface area contributed by atoms with Crippen molar-refractivity contribution in [3.05, 3.63) is 71.6 Å². The van der Waals surface area contributed by atoms with Crippen molar-refractivity contribution in [2.45, 2.75) is 11.8 Å². The molecule has 2 N–H and O–H groups in total. The summed E-state index contributed by atoms with van der Waals surface area (Å²) in [6, 6.07) is 13.8. The molecule has 2 amide bonds. The molecule has 0 aromatic heterocycles. The lowest BCUT2D eigenvalue weighted by atomic mass is 10.1. The Morgan fingerprint density at radius 2 is 1.79 bits per heavy atom. The highest BCUT2D eigenvalue weighted by molar-refractivity contribution is 8.00. The standard InChI is InChI=1S/C18H17FN2O2S/c1-13-6-2-3-7-14(13)10-11-17(22)20-21-18(23)12-24-16-9-5-4-8-15(16)19/h2-11H,12H2,1H3,(H,20,22)(H,21,23)/b11-10+. The summed E-state index contributed by atoms with van der Waals surface area (Å²) in [7, 11) is 0. The molecule has 2 rings (SSSR count). The minimum Gasteiger partial charge on any atom is -0.272 e. The van der Waals surface area contributed by atoms with Gasteiger partial charge in [0.15, 0.2) is 0 Å². The van der Waals surface area contributed by atoms with Gasteiger partial charge in [-0.1, -0.05) is 36.4 Å². The smallest absolute Gasteiger partial charge is 0.262 e. The molecule has 0 fully saturated rings. The van der Waals surface area contributed by atoms with Gasteiger partial charge in [-0.15, -0.1) is 11.8 Å². The zero-order valence-electron chi connectivity index (χ0n) is 13.1. The van der Waals surface area contributed by atoms with Crippen LogP contribution in [-0.2, 0) is 9.59 Å². The van der Waals surface area contributed by atoms with E-state index in [-0.39, 0.29) is 11.6 Å². The summed E-state index contributed by atoms with van der Waals surface area (Å²) in [6.45, 7) is 1.94. The SMILES string of the molecule is Cc1ccccc1/C=C/C(=O)NNC(=O)CSc1ccccc1F. The average Bonchev–Trinajstić information content (AvgIpc) is 2.58. The van der Waals surface area contributed by atoms with Gasteiger partial charge in [0.25, 0.3) is 5.91 Å². The van der Waals surface area contributed by atoms with Crippen molar-refractivity contribution in [1.82, 2.24) is 10.9 Å². The number of carbonyl (C=O) groups excluding carboxylic acids is 2. The number of benzene rings is 2. The molecular formula is C18H17FN2O2S. The molecule has 0 spiro atoms. The molecule has 24 heavy (non-hydrogen) atoms. The Labute approximate surface area is 144 Å². The van der Waals surface area contributed by atoms with Crippen molar-refractivity contribution in [2.75, 3.05) is 5.75 Å². The first-order valence-corrected chi connectivity index (χ1v) is 8.24. The van der Waals surface area contributed by atoms with E-state index in [0.717, 1.165) is 22.9 Å². The predicted molar refractivity (Wildman–Crippen MR) is 93.6 cm³/mol. The zero-order chi connectivity index (χ0) is 17.4. The molecule has 2 aromatic rings. The van der Waals surface area contributed by atoms with Crippen molar-refractivity contribution in [2.24, 2.45) is 0 Å². The van der Waals surface area contributed by atoms with Crippen LogP contribution in [0.5, 0.6) is 0 Å². The third kappa shape index (κ3) is 5.55. The van der Waals surface area contributed by atoms with E-state index in [1.165, 1.54) is 12.1 Å². The molecule has 0 aliphatic carbocycles. The number of nitrogens with one attached hydrogen (secondary N) is 2. The molecule has 0 saturated heterocycles. The number of aryl methyl sites for hydroxylation is 1. The molecule has 0 saturated carbocycles. The molecule has 124 valence electrons. The van der Waals surface area contributed by atoms with Crippen LogP contribution in [-0.4, -0.2) is 17.6 Å². The second-order valence-electron chi connectivity index (χ2n) is 4.95. The minimum atomic E-state index is -0.442. The number of hydrogen-bond donors (Lipinski definition) is 2. The molecular weight excluding hydrogens is 327 g/mol. The van der Waals surface area contributed by atoms with E-state index in [4.69, 9.17) is 0 Å². The second-order valence-corrected chi connectivity index (χ2v) is 5.96. The van der Waals surface area contributed by atoms with Crippen LogP contribution in [0.2, 0.25) is 0 Å². The summed E-state index contributed by atoms with van der Waals surface area (Å²) in [5, 5.41) is 0. The third-order valence-electron chi connectivity index (χ3n) is 3.12. The molecule has 2 aromatic carbocycles. The largest absolute Gasteiger partial charge is 0.272 e. The lowest BCUT2D eigenvalue weighted by Crippen LogP contribution is -2.41. The molecule has 4 nitrogen and oxygen atoms in total. The summed E-state index contributed by atoms with van der Waals surface area (Å²) in [4.78, 5) is 23.7. The molecule has 0 atom stereocenters. The number of rotatable bonds is 5. The maximum absolute atomic E-state index is 13.4. The second kappa shape index (κ2) is 8.88. The van der Waals surface area contributed by atoms with E-state index in [0.29, 0.717) is 4.90 Å². The predicted octanol–water partition coefficient (Wildman–Crippen LogP) is 3.09. The number of amides is 2. The van der Waals surface area contributed by atoms with Crippen LogP contribution >= 0.6 is 11.8 Å². The fourth-order valence-electron chi connectivity index (χ4n) is 1.85. The number of halogens is 1. The quantitative estimate of drug-likeness (QED) is 0.498. The lowest BCUT2D eigenvalue weighted by Gasteiger charge is -2.06. The lowest BCUT2D eigenvalue weighted by molar-refractivity contribution is -0.125. The molecule has 0 unspecified atom stereocenters. The molecule has 0 radical (unpaired) electrons. The Hall–Kier alpha value is -2.60. The van der Waals surface area contributed by atoms with Gasteiger partial charge in [0.2, 0.25) is 5.91 Å². The first kappa shape index (κ1) is 17.7. The van der Waals surface area contributed by atoms with Gasteiger partial charge in [-0.2, -0.15) is 0 Å². The van der Waals surface area contributed by atoms with Gasteiger partial charge in [-0.3, -0.25) is 20.4 Å². The Kier molecular flexibility index (Phi) is 6.57. The monoisotopic (exact) mass is 344 g/mol. The summed E-state index contributed by atoms with van der Waals surface area (Å²) in [5.41, 5.74) is 6.55. The molecule has 0 aliphatic rings. The van der Waals surface area contributed by atoms with E-state index < -0.39 is 11.8 Å². The van der Waals surface area contributed by atoms with Crippen LogP contribution in [0.3, 0.4) is 0 Å². The highest BCUT2D eigenvalue weighted by Gasteiger charge is 2.06. The Balaban J connectivity index is 1.76. The average molecular weight is 344 g/mol. The van der Waals surface area contributed by atoms with Gasteiger partial charge >= 0.3 is 0 Å². The highest BCUT2D eigenvalue weighted by atomic mass is 32.2. The van der Waals surface area contributed by atoms with E-state index in [1.54, 1.807) is 24.3 Å². The van der Waals surface area contributed by atoms with Crippen LogP contribution in [0.1, 0.15) is 11.1 Å². The van der Waals surface area contributed by atoms with Gasteiger partial charge in [-0.25, -0.2) is 4.39 Å². The Bertz CT molecular complexity index is 762. The molecule has 0 aliphatic heterocycles. The fourth-order valence-corrected chi connectivity index (χ4v) is 2.59. The summed E-state index contributed by atoms with van der Waals surface area (Å²) in [6.07, 6.45) is 3.01. The number of carbonyl (C=O) groups is 2. The van der Waals surface area contributed by atoms with Crippen LogP contribution in [0.4, 0.5) is 4.39 Å². The molecule has 0 heterocycles. The first-order chi connectivity index (χ1) is 11.6. The normalized spacial score (nSPS) is 10.6. The van der Waals surface area contributed by atoms with Crippen molar-refractivity contribution in [3.63, 3.8) is 0 Å². The number of hydrazine groups is 1. The summed E-state index contributed by atoms with van der Waals surface area (Å²) < 4.78 is 13.4. The maximum atomic E-state index is 13.4. The number of thioether (sulfide) groups is 1. The Morgan fingerprint density at radius 1 is 1.08 bits per heavy atom. The van der Waals surface area contributed by atoms with E-state index >= 15 is 0 Å². The van der Waals surface area contributed by atoms with Crippen molar-refractivity contribution in [3.8, 4) is 0 Å². The van der Waals surface area contributed by atoms with Gasteiger partial charge < -0.3 is 0 Å². The minimum absolute atomic E-state index is 0.00270. The van der Waals surface area contributed by atoms with Gasteiger partial charge in [0.05, 0.1) is 5.75 Å². The van der Waals surface area contributed by atoms with Crippen LogP contribution in [0, 0.1) is 12.7 Å². The van der Waals surface area contributed by atoms with Gasteiger partial charge in [-0.05, 0) is 36.3 Å². The van der Waals surface area contributed by atoms with E-state index in [9.17, 15) is 14.0 Å². The first-order valence-electron chi connectivity index (χ1n) is 7.26. The highest BCUT2D eigenvalue weighted by Crippen LogP contribution is 2.20. The van der Waals surface area contributed by atoms with E-state index in [2.05, 4.69) is 10.9 Å². The van der Waals surface area contributed by atoms with Crippen molar-refractivity contribution in [1.29, 1.82) is 0 Å². The van der Waals surface area contributed by atoms with Crippen molar-refractivity contribution >= 4 is 29.7 Å². The maximum Gasteiger partial charge on any atom is 0.262 e. The summed E-state index contributed by atoms with van der Waals surface area (Å²) in [5.74, 6) is -1.23. The molecule has 0 bridgehead atoms. The molecule has 6 heteroatoms. The van der Waals surface area contributed by atoms with Crippen LogP contribution in [0.15, 0.2) is 59.5 Å². The Morgan fingerprint density at radius 3 is 2.54 bits per heavy atom. The number of hydrogen-bond acceptors (Lipinski definition) is 3. The topological polar surface area (TPSA) is 58.2 Å². The fraction of sp³-hybridized carbons (Fsp3) is 0.111. The van der Waals surface area contributed by atoms with Gasteiger partial charge in [0.1, 0.15) is 5.82 Å². The van der Waals surface area contributed by atoms with Crippen molar-refractivity contribution < 1.29 is 14.0 Å².